The molecule has 16 heavy (non-hydrogen) atoms. The quantitative estimate of drug-likeness (QED) is 0.852. The second-order valence-corrected chi connectivity index (χ2v) is 4.20. The van der Waals surface area contributed by atoms with Gasteiger partial charge in [0.2, 0.25) is 0 Å². The van der Waals surface area contributed by atoms with Crippen LogP contribution in [0.1, 0.15) is 22.3 Å². The van der Waals surface area contributed by atoms with Crippen molar-refractivity contribution in [2.24, 2.45) is 0 Å². The average molecular weight is 216 g/mol. The summed E-state index contributed by atoms with van der Waals surface area (Å²) in [5, 5.41) is 13.2. The highest BCUT2D eigenvalue weighted by Gasteiger charge is 2.00. The first-order valence-electron chi connectivity index (χ1n) is 5.37. The van der Waals surface area contributed by atoms with Gasteiger partial charge in [-0.1, -0.05) is 29.3 Å². The van der Waals surface area contributed by atoms with Crippen LogP contribution in [-0.4, -0.2) is 14.9 Å². The molecule has 2 aromatic rings. The molecule has 0 spiro atoms. The van der Waals surface area contributed by atoms with Crippen molar-refractivity contribution in [3.63, 3.8) is 0 Å². The molecule has 0 saturated heterocycles. The van der Waals surface area contributed by atoms with Crippen molar-refractivity contribution in [3.8, 4) is 0 Å². The van der Waals surface area contributed by atoms with E-state index in [4.69, 9.17) is 5.11 Å². The highest BCUT2D eigenvalue weighted by Crippen LogP contribution is 2.10. The van der Waals surface area contributed by atoms with Crippen molar-refractivity contribution in [1.82, 2.24) is 9.78 Å². The number of rotatable bonds is 3. The molecule has 0 atom stereocenters. The molecular formula is C13H16N2O. The van der Waals surface area contributed by atoms with E-state index in [9.17, 15) is 0 Å². The van der Waals surface area contributed by atoms with Gasteiger partial charge in [0.25, 0.3) is 0 Å². The molecule has 0 aliphatic heterocycles. The molecule has 0 radical (unpaired) electrons. The Kier molecular flexibility index (Phi) is 3.06. The van der Waals surface area contributed by atoms with Crippen LogP contribution in [0.25, 0.3) is 0 Å². The van der Waals surface area contributed by atoms with Crippen LogP contribution in [0.2, 0.25) is 0 Å². The third-order valence-corrected chi connectivity index (χ3v) is 2.50. The minimum Gasteiger partial charge on any atom is -0.392 e. The van der Waals surface area contributed by atoms with E-state index >= 15 is 0 Å². The molecular weight excluding hydrogens is 200 g/mol. The fraction of sp³-hybridized carbons (Fsp3) is 0.308. The summed E-state index contributed by atoms with van der Waals surface area (Å²) in [6.07, 6.45) is 3.57. The third-order valence-electron chi connectivity index (χ3n) is 2.50. The van der Waals surface area contributed by atoms with Crippen molar-refractivity contribution >= 4 is 0 Å². The van der Waals surface area contributed by atoms with Gasteiger partial charge in [0.05, 0.1) is 19.3 Å². The van der Waals surface area contributed by atoms with E-state index in [0.717, 1.165) is 12.1 Å². The van der Waals surface area contributed by atoms with Crippen LogP contribution >= 0.6 is 0 Å². The molecule has 0 saturated carbocycles. The number of aryl methyl sites for hydroxylation is 2. The van der Waals surface area contributed by atoms with Crippen molar-refractivity contribution in [2.45, 2.75) is 27.0 Å². The third kappa shape index (κ3) is 2.49. The van der Waals surface area contributed by atoms with E-state index in [1.807, 2.05) is 10.9 Å². The van der Waals surface area contributed by atoms with Gasteiger partial charge >= 0.3 is 0 Å². The number of hydrogen-bond acceptors (Lipinski definition) is 2. The lowest BCUT2D eigenvalue weighted by Gasteiger charge is -2.05. The normalized spacial score (nSPS) is 10.7. The number of aromatic nitrogens is 2. The van der Waals surface area contributed by atoms with Gasteiger partial charge in [-0.3, -0.25) is 4.68 Å². The van der Waals surface area contributed by atoms with Crippen LogP contribution in [0.15, 0.2) is 30.6 Å². The summed E-state index contributed by atoms with van der Waals surface area (Å²) in [5.41, 5.74) is 4.63. The zero-order chi connectivity index (χ0) is 11.5. The number of hydrogen-bond donors (Lipinski definition) is 1. The average Bonchev–Trinajstić information content (AvgIpc) is 2.64. The van der Waals surface area contributed by atoms with Gasteiger partial charge in [-0.2, -0.15) is 5.10 Å². The number of aliphatic hydroxyl groups is 1. The number of aliphatic hydroxyl groups excluding tert-OH is 1. The molecule has 3 nitrogen and oxygen atoms in total. The van der Waals surface area contributed by atoms with Crippen molar-refractivity contribution < 1.29 is 5.11 Å². The second kappa shape index (κ2) is 4.49. The summed E-state index contributed by atoms with van der Waals surface area (Å²) >= 11 is 0. The summed E-state index contributed by atoms with van der Waals surface area (Å²) in [7, 11) is 0. The second-order valence-electron chi connectivity index (χ2n) is 4.20. The minimum atomic E-state index is 0.0485. The highest BCUT2D eigenvalue weighted by atomic mass is 16.3. The Hall–Kier alpha value is -1.61. The van der Waals surface area contributed by atoms with E-state index in [1.165, 1.54) is 16.7 Å². The van der Waals surface area contributed by atoms with E-state index < -0.39 is 0 Å². The molecule has 0 aliphatic rings. The maximum atomic E-state index is 8.95. The molecule has 0 aliphatic carbocycles. The number of nitrogens with zero attached hydrogens (tertiary/aromatic N) is 2. The fourth-order valence-electron chi connectivity index (χ4n) is 1.92. The Morgan fingerprint density at radius 1 is 1.12 bits per heavy atom. The summed E-state index contributed by atoms with van der Waals surface area (Å²) in [6, 6.07) is 6.48. The van der Waals surface area contributed by atoms with Crippen LogP contribution in [0, 0.1) is 13.8 Å². The van der Waals surface area contributed by atoms with Gasteiger partial charge in [-0.25, -0.2) is 0 Å². The first-order chi connectivity index (χ1) is 7.67. The standard InChI is InChI=1S/C13H16N2O/c1-10-3-11(2)5-12(4-10)7-15-8-13(9-16)6-14-15/h3-6,8,16H,7,9H2,1-2H3. The van der Waals surface area contributed by atoms with E-state index in [-0.39, 0.29) is 6.61 Å². The molecule has 0 fully saturated rings. The molecule has 0 bridgehead atoms. The Labute approximate surface area is 95.3 Å². The number of benzene rings is 1. The van der Waals surface area contributed by atoms with Crippen molar-refractivity contribution in [1.29, 1.82) is 0 Å². The molecule has 1 heterocycles. The maximum absolute atomic E-state index is 8.95. The smallest absolute Gasteiger partial charge is 0.0712 e. The predicted molar refractivity (Wildman–Crippen MR) is 63.2 cm³/mol. The summed E-state index contributed by atoms with van der Waals surface area (Å²) < 4.78 is 1.85. The Morgan fingerprint density at radius 3 is 2.38 bits per heavy atom. The maximum Gasteiger partial charge on any atom is 0.0712 e. The monoisotopic (exact) mass is 216 g/mol. The Bertz CT molecular complexity index is 468. The van der Waals surface area contributed by atoms with Crippen LogP contribution < -0.4 is 0 Å². The first kappa shape index (κ1) is 10.9. The fourth-order valence-corrected chi connectivity index (χ4v) is 1.92. The topological polar surface area (TPSA) is 38.0 Å². The van der Waals surface area contributed by atoms with Crippen molar-refractivity contribution in [2.75, 3.05) is 0 Å². The van der Waals surface area contributed by atoms with Crippen LogP contribution in [0.5, 0.6) is 0 Å². The van der Waals surface area contributed by atoms with E-state index in [2.05, 4.69) is 37.1 Å². The SMILES string of the molecule is Cc1cc(C)cc(Cn2cc(CO)cn2)c1. The molecule has 3 heteroatoms. The lowest BCUT2D eigenvalue weighted by molar-refractivity contribution is 0.281. The zero-order valence-electron chi connectivity index (χ0n) is 9.64. The summed E-state index contributed by atoms with van der Waals surface area (Å²) in [6.45, 7) is 4.99. The van der Waals surface area contributed by atoms with Crippen LogP contribution in [0.3, 0.4) is 0 Å². The van der Waals surface area contributed by atoms with Crippen molar-refractivity contribution in [3.05, 3.63) is 52.8 Å². The summed E-state index contributed by atoms with van der Waals surface area (Å²) in [5.74, 6) is 0. The van der Waals surface area contributed by atoms with Crippen LogP contribution in [-0.2, 0) is 13.2 Å². The van der Waals surface area contributed by atoms with Gasteiger partial charge in [0, 0.05) is 11.8 Å². The van der Waals surface area contributed by atoms with Crippen LogP contribution in [0.4, 0.5) is 0 Å². The molecule has 0 amide bonds. The predicted octanol–water partition coefficient (Wildman–Crippen LogP) is 2.04. The minimum absolute atomic E-state index is 0.0485. The molecule has 2 rings (SSSR count). The largest absolute Gasteiger partial charge is 0.392 e. The van der Waals surface area contributed by atoms with E-state index in [0.29, 0.717) is 0 Å². The molecule has 1 N–H and O–H groups in total. The lowest BCUT2D eigenvalue weighted by Crippen LogP contribution is -2.00. The molecule has 0 unspecified atom stereocenters. The van der Waals surface area contributed by atoms with E-state index in [1.54, 1.807) is 6.20 Å². The van der Waals surface area contributed by atoms with Gasteiger partial charge in [-0.15, -0.1) is 0 Å². The van der Waals surface area contributed by atoms with Gasteiger partial charge < -0.3 is 5.11 Å². The summed E-state index contributed by atoms with van der Waals surface area (Å²) in [4.78, 5) is 0. The first-order valence-corrected chi connectivity index (χ1v) is 5.37. The zero-order valence-corrected chi connectivity index (χ0v) is 9.64. The molecule has 1 aromatic carbocycles. The Balaban J connectivity index is 2.19. The molecule has 84 valence electrons. The van der Waals surface area contributed by atoms with Gasteiger partial charge in [0.1, 0.15) is 0 Å². The van der Waals surface area contributed by atoms with Gasteiger partial charge in [-0.05, 0) is 19.4 Å². The Morgan fingerprint density at radius 2 is 1.81 bits per heavy atom. The lowest BCUT2D eigenvalue weighted by atomic mass is 10.1. The molecule has 1 aromatic heterocycles. The highest BCUT2D eigenvalue weighted by molar-refractivity contribution is 5.28. The van der Waals surface area contributed by atoms with Gasteiger partial charge in [0.15, 0.2) is 0 Å².